The zero-order valence-electron chi connectivity index (χ0n) is 11.3. The molecule has 2 rings (SSSR count). The molecule has 0 heterocycles. The van der Waals surface area contributed by atoms with E-state index in [0.29, 0.717) is 33.9 Å². The third-order valence-corrected chi connectivity index (χ3v) is 3.08. The number of hydrogen-bond donors (Lipinski definition) is 0. The van der Waals surface area contributed by atoms with Crippen molar-refractivity contribution in [2.45, 2.75) is 6.61 Å². The van der Waals surface area contributed by atoms with E-state index in [4.69, 9.17) is 26.3 Å². The highest BCUT2D eigenvalue weighted by molar-refractivity contribution is 6.31. The van der Waals surface area contributed by atoms with Crippen LogP contribution >= 0.6 is 11.6 Å². The second-order valence-corrected chi connectivity index (χ2v) is 4.68. The van der Waals surface area contributed by atoms with Crippen molar-refractivity contribution in [1.29, 1.82) is 5.26 Å². The molecule has 106 valence electrons. The van der Waals surface area contributed by atoms with Gasteiger partial charge in [-0.1, -0.05) is 23.7 Å². The van der Waals surface area contributed by atoms with E-state index in [0.717, 1.165) is 5.56 Å². The number of benzene rings is 2. The predicted molar refractivity (Wildman–Crippen MR) is 78.9 cm³/mol. The fourth-order valence-electron chi connectivity index (χ4n) is 1.81. The number of aldehydes is 1. The second-order valence-electron chi connectivity index (χ2n) is 4.24. The number of ether oxygens (including phenoxy) is 2. The smallest absolute Gasteiger partial charge is 0.172 e. The van der Waals surface area contributed by atoms with Crippen molar-refractivity contribution < 1.29 is 14.3 Å². The van der Waals surface area contributed by atoms with Gasteiger partial charge in [-0.2, -0.15) is 5.26 Å². The van der Waals surface area contributed by atoms with Gasteiger partial charge in [-0.25, -0.2) is 0 Å². The number of methoxy groups -OCH3 is 1. The van der Waals surface area contributed by atoms with Gasteiger partial charge in [0.25, 0.3) is 0 Å². The lowest BCUT2D eigenvalue weighted by atomic mass is 10.1. The van der Waals surface area contributed by atoms with E-state index in [9.17, 15) is 4.79 Å². The summed E-state index contributed by atoms with van der Waals surface area (Å²) in [6.45, 7) is 0.255. The maximum absolute atomic E-state index is 11.1. The van der Waals surface area contributed by atoms with Crippen molar-refractivity contribution in [3.8, 4) is 17.6 Å². The molecule has 2 aromatic carbocycles. The van der Waals surface area contributed by atoms with Gasteiger partial charge in [0.1, 0.15) is 6.61 Å². The Bertz CT molecular complexity index is 690. The first-order valence-electron chi connectivity index (χ1n) is 6.12. The zero-order valence-corrected chi connectivity index (χ0v) is 12.1. The van der Waals surface area contributed by atoms with E-state index in [1.54, 1.807) is 30.3 Å². The largest absolute Gasteiger partial charge is 0.493 e. The summed E-state index contributed by atoms with van der Waals surface area (Å²) in [6.07, 6.45) is 0.669. The molecule has 0 atom stereocenters. The van der Waals surface area contributed by atoms with Gasteiger partial charge in [-0.05, 0) is 23.8 Å². The Morgan fingerprint density at radius 3 is 2.57 bits per heavy atom. The molecule has 4 nitrogen and oxygen atoms in total. The summed E-state index contributed by atoms with van der Waals surface area (Å²) in [6, 6.07) is 12.2. The summed E-state index contributed by atoms with van der Waals surface area (Å²) >= 11 is 5.90. The van der Waals surface area contributed by atoms with E-state index in [2.05, 4.69) is 0 Å². The van der Waals surface area contributed by atoms with E-state index in [1.807, 2.05) is 6.07 Å². The van der Waals surface area contributed by atoms with Crippen molar-refractivity contribution in [2.75, 3.05) is 7.11 Å². The van der Waals surface area contributed by atoms with E-state index in [1.165, 1.54) is 13.2 Å². The molecule has 0 N–H and O–H groups in total. The molecule has 0 aliphatic rings. The Balaban J connectivity index is 2.22. The molecule has 0 aromatic heterocycles. The fraction of sp³-hybridized carbons (Fsp3) is 0.125. The number of nitrogens with zero attached hydrogens (tertiary/aromatic N) is 1. The summed E-state index contributed by atoms with van der Waals surface area (Å²) in [5.74, 6) is 0.750. The van der Waals surface area contributed by atoms with Crippen LogP contribution in [0.4, 0.5) is 0 Å². The quantitative estimate of drug-likeness (QED) is 0.792. The molecule has 0 saturated heterocycles. The van der Waals surface area contributed by atoms with Crippen molar-refractivity contribution in [3.63, 3.8) is 0 Å². The third kappa shape index (κ3) is 3.53. The number of nitriles is 1. The minimum atomic E-state index is 0.255. The number of halogens is 1. The molecule has 0 fully saturated rings. The van der Waals surface area contributed by atoms with E-state index < -0.39 is 0 Å². The van der Waals surface area contributed by atoms with Crippen LogP contribution in [-0.4, -0.2) is 13.4 Å². The highest BCUT2D eigenvalue weighted by atomic mass is 35.5. The summed E-state index contributed by atoms with van der Waals surface area (Å²) in [4.78, 5) is 11.1. The van der Waals surface area contributed by atoms with Gasteiger partial charge < -0.3 is 9.47 Å². The fourth-order valence-corrected chi connectivity index (χ4v) is 2.03. The lowest BCUT2D eigenvalue weighted by molar-refractivity contribution is 0.111. The molecule has 0 spiro atoms. The van der Waals surface area contributed by atoms with Gasteiger partial charge in [-0.15, -0.1) is 0 Å². The van der Waals surface area contributed by atoms with Crippen LogP contribution in [-0.2, 0) is 6.61 Å². The van der Waals surface area contributed by atoms with E-state index >= 15 is 0 Å². The maximum atomic E-state index is 11.1. The van der Waals surface area contributed by atoms with Crippen LogP contribution in [0.2, 0.25) is 5.02 Å². The van der Waals surface area contributed by atoms with Crippen LogP contribution < -0.4 is 9.47 Å². The van der Waals surface area contributed by atoms with Crippen LogP contribution in [0, 0.1) is 11.3 Å². The van der Waals surface area contributed by atoms with Gasteiger partial charge in [-0.3, -0.25) is 4.79 Å². The Labute approximate surface area is 127 Å². The monoisotopic (exact) mass is 301 g/mol. The van der Waals surface area contributed by atoms with Crippen LogP contribution in [0.25, 0.3) is 0 Å². The molecule has 0 aliphatic carbocycles. The second kappa shape index (κ2) is 6.78. The molecule has 21 heavy (non-hydrogen) atoms. The van der Waals surface area contributed by atoms with Crippen molar-refractivity contribution in [3.05, 3.63) is 58.1 Å². The number of hydrogen-bond acceptors (Lipinski definition) is 4. The molecule has 0 unspecified atom stereocenters. The first-order chi connectivity index (χ1) is 10.2. The maximum Gasteiger partial charge on any atom is 0.172 e. The van der Waals surface area contributed by atoms with E-state index in [-0.39, 0.29) is 6.61 Å². The van der Waals surface area contributed by atoms with Crippen molar-refractivity contribution >= 4 is 17.9 Å². The standard InChI is InChI=1S/C16H12ClNO3/c1-20-15-7-14(17)6-13(9-19)16(15)21-10-12-4-2-11(8-18)3-5-12/h2-7,9H,10H2,1H3. The number of carbonyl (C=O) groups excluding carboxylic acids is 1. The van der Waals surface area contributed by atoms with Crippen LogP contribution in [0.5, 0.6) is 11.5 Å². The van der Waals surface area contributed by atoms with Gasteiger partial charge in [0.15, 0.2) is 17.8 Å². The lowest BCUT2D eigenvalue weighted by Crippen LogP contribution is -2.01. The minimum Gasteiger partial charge on any atom is -0.493 e. The predicted octanol–water partition coefficient (Wildman–Crippen LogP) is 3.61. The molecule has 2 aromatic rings. The minimum absolute atomic E-state index is 0.255. The summed E-state index contributed by atoms with van der Waals surface area (Å²) in [7, 11) is 1.48. The molecular weight excluding hydrogens is 290 g/mol. The average Bonchev–Trinajstić information content (AvgIpc) is 2.53. The van der Waals surface area contributed by atoms with Crippen LogP contribution in [0.3, 0.4) is 0 Å². The van der Waals surface area contributed by atoms with Crippen molar-refractivity contribution in [2.24, 2.45) is 0 Å². The molecule has 0 amide bonds. The Morgan fingerprint density at radius 1 is 1.29 bits per heavy atom. The number of carbonyl (C=O) groups is 1. The van der Waals surface area contributed by atoms with Gasteiger partial charge in [0.05, 0.1) is 24.3 Å². The van der Waals surface area contributed by atoms with Crippen LogP contribution in [0.1, 0.15) is 21.5 Å². The lowest BCUT2D eigenvalue weighted by Gasteiger charge is -2.13. The average molecular weight is 302 g/mol. The van der Waals surface area contributed by atoms with Crippen molar-refractivity contribution in [1.82, 2.24) is 0 Å². The topological polar surface area (TPSA) is 59.3 Å². The molecule has 0 saturated carbocycles. The van der Waals surface area contributed by atoms with Gasteiger partial charge in [0.2, 0.25) is 0 Å². The molecule has 0 radical (unpaired) electrons. The molecular formula is C16H12ClNO3. The summed E-state index contributed by atoms with van der Waals surface area (Å²) < 4.78 is 10.8. The van der Waals surface area contributed by atoms with Crippen LogP contribution in [0.15, 0.2) is 36.4 Å². The zero-order chi connectivity index (χ0) is 15.2. The summed E-state index contributed by atoms with van der Waals surface area (Å²) in [5, 5.41) is 9.15. The Kier molecular flexibility index (Phi) is 4.81. The highest BCUT2D eigenvalue weighted by Gasteiger charge is 2.12. The molecule has 5 heteroatoms. The third-order valence-electron chi connectivity index (χ3n) is 2.86. The number of rotatable bonds is 5. The highest BCUT2D eigenvalue weighted by Crippen LogP contribution is 2.34. The SMILES string of the molecule is COc1cc(Cl)cc(C=O)c1OCc1ccc(C#N)cc1. The molecule has 0 bridgehead atoms. The normalized spacial score (nSPS) is 9.76. The molecule has 0 aliphatic heterocycles. The first-order valence-corrected chi connectivity index (χ1v) is 6.50. The summed E-state index contributed by atoms with van der Waals surface area (Å²) in [5.41, 5.74) is 1.78. The Hall–Kier alpha value is -2.51. The first kappa shape index (κ1) is 14.9. The Morgan fingerprint density at radius 2 is 2.00 bits per heavy atom. The van der Waals surface area contributed by atoms with Gasteiger partial charge in [0, 0.05) is 11.1 Å². The van der Waals surface area contributed by atoms with Gasteiger partial charge >= 0.3 is 0 Å².